The molecule has 0 bridgehead atoms. The van der Waals surface area contributed by atoms with Crippen molar-refractivity contribution in [3.05, 3.63) is 34.7 Å². The molecule has 0 aliphatic carbocycles. The van der Waals surface area contributed by atoms with E-state index in [1.807, 2.05) is 18.4 Å². The van der Waals surface area contributed by atoms with E-state index in [0.717, 1.165) is 5.75 Å². The van der Waals surface area contributed by atoms with Crippen LogP contribution in [0.1, 0.15) is 11.1 Å². The largest absolute Gasteiger partial charge is 0.497 e. The van der Waals surface area contributed by atoms with Crippen molar-refractivity contribution in [3.8, 4) is 5.75 Å². The summed E-state index contributed by atoms with van der Waals surface area (Å²) in [4.78, 5) is 0. The zero-order valence-electron chi connectivity index (χ0n) is 8.20. The zero-order valence-corrected chi connectivity index (χ0v) is 9.02. The fourth-order valence-electron chi connectivity index (χ4n) is 1.14. The number of rotatable bonds is 3. The molecule has 0 unspecified atom stereocenters. The zero-order chi connectivity index (χ0) is 9.68. The lowest BCUT2D eigenvalue weighted by molar-refractivity contribution is 0.414. The summed E-state index contributed by atoms with van der Waals surface area (Å²) in [6, 6.07) is 6.19. The van der Waals surface area contributed by atoms with Gasteiger partial charge in [0.2, 0.25) is 0 Å². The van der Waals surface area contributed by atoms with Gasteiger partial charge in [-0.25, -0.2) is 0 Å². The second-order valence-corrected chi connectivity index (χ2v) is 3.57. The number of aryl methyl sites for hydroxylation is 1. The predicted molar refractivity (Wildman–Crippen MR) is 60.3 cm³/mol. The molecule has 0 saturated carbocycles. The third-order valence-corrected chi connectivity index (χ3v) is 2.11. The summed E-state index contributed by atoms with van der Waals surface area (Å²) in [5.74, 6) is 0.917. The van der Waals surface area contributed by atoms with Crippen LogP contribution >= 0.6 is 11.8 Å². The van der Waals surface area contributed by atoms with Crippen molar-refractivity contribution in [2.45, 2.75) is 6.92 Å². The number of benzene rings is 1. The summed E-state index contributed by atoms with van der Waals surface area (Å²) in [6.45, 7) is 2.07. The second kappa shape index (κ2) is 4.97. The van der Waals surface area contributed by atoms with E-state index in [-0.39, 0.29) is 0 Å². The van der Waals surface area contributed by atoms with Gasteiger partial charge >= 0.3 is 0 Å². The Morgan fingerprint density at radius 2 is 2.08 bits per heavy atom. The first-order valence-corrected chi connectivity index (χ1v) is 5.40. The number of methoxy groups -OCH3 is 1. The molecule has 70 valence electrons. The Balaban J connectivity index is 2.94. The molecule has 1 rings (SSSR count). The minimum atomic E-state index is 0.917. The molecule has 0 atom stereocenters. The summed E-state index contributed by atoms with van der Waals surface area (Å²) in [5.41, 5.74) is 2.41. The molecule has 0 aliphatic heterocycles. The number of ether oxygens (including phenoxy) is 1. The molecule has 0 spiro atoms. The third-order valence-electron chi connectivity index (χ3n) is 1.71. The van der Waals surface area contributed by atoms with E-state index in [2.05, 4.69) is 24.5 Å². The Hall–Kier alpha value is -0.890. The smallest absolute Gasteiger partial charge is 0.119 e. The second-order valence-electron chi connectivity index (χ2n) is 2.82. The van der Waals surface area contributed by atoms with Crippen LogP contribution < -0.4 is 4.74 Å². The Morgan fingerprint density at radius 1 is 1.31 bits per heavy atom. The maximum atomic E-state index is 5.17. The van der Waals surface area contributed by atoms with Gasteiger partial charge < -0.3 is 4.74 Å². The maximum absolute atomic E-state index is 5.17. The molecule has 0 radical (unpaired) electrons. The van der Waals surface area contributed by atoms with Crippen molar-refractivity contribution >= 4 is 17.8 Å². The number of hydrogen-bond donors (Lipinski definition) is 0. The van der Waals surface area contributed by atoms with Gasteiger partial charge in [0, 0.05) is 0 Å². The molecule has 13 heavy (non-hydrogen) atoms. The fourth-order valence-corrected chi connectivity index (χ4v) is 1.43. The highest BCUT2D eigenvalue weighted by molar-refractivity contribution is 8.01. The highest BCUT2D eigenvalue weighted by Crippen LogP contribution is 2.18. The average Bonchev–Trinajstić information content (AvgIpc) is 2.14. The van der Waals surface area contributed by atoms with E-state index in [9.17, 15) is 0 Å². The molecule has 0 N–H and O–H groups in total. The molecular formula is C11H14OS. The van der Waals surface area contributed by atoms with E-state index in [4.69, 9.17) is 4.74 Å². The van der Waals surface area contributed by atoms with Gasteiger partial charge in [-0.2, -0.15) is 0 Å². The van der Waals surface area contributed by atoms with Crippen molar-refractivity contribution in [2.24, 2.45) is 0 Å². The molecule has 0 aromatic heterocycles. The van der Waals surface area contributed by atoms with E-state index in [1.165, 1.54) is 11.1 Å². The maximum Gasteiger partial charge on any atom is 0.119 e. The van der Waals surface area contributed by atoms with Crippen LogP contribution in [-0.4, -0.2) is 13.4 Å². The standard InChI is InChI=1S/C11H14OS/c1-9-6-10(4-5-13-3)8-11(7-9)12-2/h4-8H,1-3H3. The molecule has 0 saturated heterocycles. The van der Waals surface area contributed by atoms with E-state index in [1.54, 1.807) is 18.9 Å². The van der Waals surface area contributed by atoms with Gasteiger partial charge in [0.25, 0.3) is 0 Å². The quantitative estimate of drug-likeness (QED) is 0.730. The van der Waals surface area contributed by atoms with Crippen LogP contribution in [0.4, 0.5) is 0 Å². The van der Waals surface area contributed by atoms with Crippen LogP contribution in [0.5, 0.6) is 5.75 Å². The topological polar surface area (TPSA) is 9.23 Å². The lowest BCUT2D eigenvalue weighted by Gasteiger charge is -2.02. The first-order chi connectivity index (χ1) is 6.26. The SMILES string of the molecule is COc1cc(C)cc(C=CSC)c1. The van der Waals surface area contributed by atoms with E-state index >= 15 is 0 Å². The molecule has 0 heterocycles. The summed E-state index contributed by atoms with van der Waals surface area (Å²) in [7, 11) is 1.69. The molecular weight excluding hydrogens is 180 g/mol. The normalized spacial score (nSPS) is 10.7. The van der Waals surface area contributed by atoms with Gasteiger partial charge in [0.05, 0.1) is 7.11 Å². The first kappa shape index (κ1) is 10.2. The molecule has 1 nitrogen and oxygen atoms in total. The van der Waals surface area contributed by atoms with Crippen LogP contribution in [0, 0.1) is 6.92 Å². The van der Waals surface area contributed by atoms with Crippen LogP contribution in [0.15, 0.2) is 23.6 Å². The number of thioether (sulfide) groups is 1. The van der Waals surface area contributed by atoms with Gasteiger partial charge in [-0.3, -0.25) is 0 Å². The minimum Gasteiger partial charge on any atom is -0.497 e. The lowest BCUT2D eigenvalue weighted by Crippen LogP contribution is -1.84. The van der Waals surface area contributed by atoms with Crippen molar-refractivity contribution in [1.82, 2.24) is 0 Å². The highest BCUT2D eigenvalue weighted by atomic mass is 32.2. The lowest BCUT2D eigenvalue weighted by atomic mass is 10.1. The molecule has 2 heteroatoms. The Bertz CT molecular complexity index is 305. The molecule has 0 amide bonds. The minimum absolute atomic E-state index is 0.917. The highest BCUT2D eigenvalue weighted by Gasteiger charge is 1.94. The molecule has 1 aromatic rings. The summed E-state index contributed by atoms with van der Waals surface area (Å²) < 4.78 is 5.17. The monoisotopic (exact) mass is 194 g/mol. The third kappa shape index (κ3) is 3.15. The van der Waals surface area contributed by atoms with E-state index in [0.29, 0.717) is 0 Å². The summed E-state index contributed by atoms with van der Waals surface area (Å²) in [6.07, 6.45) is 4.13. The van der Waals surface area contributed by atoms with E-state index < -0.39 is 0 Å². The van der Waals surface area contributed by atoms with Crippen LogP contribution in [0.2, 0.25) is 0 Å². The number of hydrogen-bond acceptors (Lipinski definition) is 2. The predicted octanol–water partition coefficient (Wildman–Crippen LogP) is 3.34. The Kier molecular flexibility index (Phi) is 3.90. The van der Waals surface area contributed by atoms with Crippen LogP contribution in [0.25, 0.3) is 6.08 Å². The van der Waals surface area contributed by atoms with Gasteiger partial charge in [0.1, 0.15) is 5.75 Å². The summed E-state index contributed by atoms with van der Waals surface area (Å²) in [5, 5.41) is 2.06. The fraction of sp³-hybridized carbons (Fsp3) is 0.273. The molecule has 0 aliphatic rings. The van der Waals surface area contributed by atoms with Gasteiger partial charge in [-0.05, 0) is 47.9 Å². The average molecular weight is 194 g/mol. The van der Waals surface area contributed by atoms with Gasteiger partial charge in [0.15, 0.2) is 0 Å². The van der Waals surface area contributed by atoms with Gasteiger partial charge in [-0.15, -0.1) is 11.8 Å². The van der Waals surface area contributed by atoms with Crippen LogP contribution in [-0.2, 0) is 0 Å². The molecule has 1 aromatic carbocycles. The van der Waals surface area contributed by atoms with Crippen molar-refractivity contribution in [1.29, 1.82) is 0 Å². The van der Waals surface area contributed by atoms with Gasteiger partial charge in [-0.1, -0.05) is 6.07 Å². The Morgan fingerprint density at radius 3 is 2.69 bits per heavy atom. The van der Waals surface area contributed by atoms with Crippen molar-refractivity contribution in [3.63, 3.8) is 0 Å². The summed E-state index contributed by atoms with van der Waals surface area (Å²) >= 11 is 1.69. The van der Waals surface area contributed by atoms with Crippen LogP contribution in [0.3, 0.4) is 0 Å². The van der Waals surface area contributed by atoms with Crippen molar-refractivity contribution < 1.29 is 4.74 Å². The molecule has 0 fully saturated rings. The van der Waals surface area contributed by atoms with Crippen molar-refractivity contribution in [2.75, 3.05) is 13.4 Å². The first-order valence-electron chi connectivity index (χ1n) is 4.11. The Labute approximate surface area is 83.8 Å².